The highest BCUT2D eigenvalue weighted by atomic mass is 32.2. The molecule has 0 aromatic carbocycles. The standard InChI is InChI=1S/C15H26N4O2S/c1-5-11(2)13-10-19(18-17-13)15(3,4)7-9-22-8-6-12(16)14(20)21/h5,10,12H,6-9,16H2,1-4H3,(H,20,21)/b11-5+. The number of hydrogen-bond acceptors (Lipinski definition) is 5. The van der Waals surface area contributed by atoms with Crippen molar-refractivity contribution in [3.8, 4) is 0 Å². The Balaban J connectivity index is 2.44. The van der Waals surface area contributed by atoms with Crippen LogP contribution in [0.2, 0.25) is 0 Å². The van der Waals surface area contributed by atoms with Crippen molar-refractivity contribution in [1.82, 2.24) is 15.0 Å². The van der Waals surface area contributed by atoms with Crippen LogP contribution in [0.5, 0.6) is 0 Å². The fourth-order valence-electron chi connectivity index (χ4n) is 1.76. The molecule has 0 radical (unpaired) electrons. The molecule has 124 valence electrons. The minimum Gasteiger partial charge on any atom is -0.480 e. The van der Waals surface area contributed by atoms with Gasteiger partial charge < -0.3 is 10.8 Å². The maximum atomic E-state index is 10.6. The van der Waals surface area contributed by atoms with Gasteiger partial charge >= 0.3 is 5.97 Å². The third kappa shape index (κ3) is 5.46. The summed E-state index contributed by atoms with van der Waals surface area (Å²) in [5, 5.41) is 17.1. The number of hydrogen-bond donors (Lipinski definition) is 2. The Labute approximate surface area is 136 Å². The lowest BCUT2D eigenvalue weighted by atomic mass is 10.0. The molecule has 1 rings (SSSR count). The number of carbonyl (C=O) groups is 1. The molecule has 0 aliphatic carbocycles. The highest BCUT2D eigenvalue weighted by Crippen LogP contribution is 2.23. The second kappa shape index (κ2) is 8.33. The Bertz CT molecular complexity index is 525. The smallest absolute Gasteiger partial charge is 0.320 e. The number of thioether (sulfide) groups is 1. The molecule has 0 amide bonds. The average Bonchev–Trinajstić information content (AvgIpc) is 2.96. The number of carboxylic acid groups (broad SMARTS) is 1. The van der Waals surface area contributed by atoms with Crippen molar-refractivity contribution < 1.29 is 9.90 Å². The molecule has 0 saturated carbocycles. The first-order valence-electron chi connectivity index (χ1n) is 7.40. The Morgan fingerprint density at radius 1 is 1.55 bits per heavy atom. The van der Waals surface area contributed by atoms with E-state index in [1.165, 1.54) is 0 Å². The van der Waals surface area contributed by atoms with Gasteiger partial charge in [0.1, 0.15) is 11.7 Å². The van der Waals surface area contributed by atoms with Gasteiger partial charge in [0, 0.05) is 0 Å². The van der Waals surface area contributed by atoms with Crippen molar-refractivity contribution in [2.24, 2.45) is 5.73 Å². The molecule has 1 aromatic rings. The molecule has 1 heterocycles. The van der Waals surface area contributed by atoms with Gasteiger partial charge in [0.15, 0.2) is 0 Å². The molecule has 1 unspecified atom stereocenters. The lowest BCUT2D eigenvalue weighted by molar-refractivity contribution is -0.138. The Morgan fingerprint density at radius 3 is 2.82 bits per heavy atom. The molecular weight excluding hydrogens is 300 g/mol. The highest BCUT2D eigenvalue weighted by molar-refractivity contribution is 7.99. The van der Waals surface area contributed by atoms with E-state index in [9.17, 15) is 4.79 Å². The molecule has 1 atom stereocenters. The second-order valence-corrected chi connectivity index (χ2v) is 7.15. The van der Waals surface area contributed by atoms with E-state index in [0.717, 1.165) is 29.2 Å². The number of allylic oxidation sites excluding steroid dienone is 2. The normalized spacial score (nSPS) is 14.1. The van der Waals surface area contributed by atoms with Crippen molar-refractivity contribution in [2.45, 2.75) is 52.1 Å². The molecule has 0 spiro atoms. The zero-order valence-electron chi connectivity index (χ0n) is 13.7. The fourth-order valence-corrected chi connectivity index (χ4v) is 3.03. The number of carboxylic acids is 1. The van der Waals surface area contributed by atoms with Crippen molar-refractivity contribution >= 4 is 23.3 Å². The molecule has 22 heavy (non-hydrogen) atoms. The predicted molar refractivity (Wildman–Crippen MR) is 90.8 cm³/mol. The van der Waals surface area contributed by atoms with Crippen LogP contribution in [-0.4, -0.2) is 43.6 Å². The first-order chi connectivity index (χ1) is 10.3. The minimum atomic E-state index is -0.935. The first kappa shape index (κ1) is 18.7. The SMILES string of the molecule is C/C=C(\C)c1cn(C(C)(C)CCSCCC(N)C(=O)O)nn1. The van der Waals surface area contributed by atoms with Crippen LogP contribution in [0.25, 0.3) is 5.57 Å². The molecule has 0 fully saturated rings. The van der Waals surface area contributed by atoms with E-state index in [4.69, 9.17) is 10.8 Å². The zero-order chi connectivity index (χ0) is 16.8. The van der Waals surface area contributed by atoms with E-state index in [0.29, 0.717) is 6.42 Å². The van der Waals surface area contributed by atoms with E-state index in [1.54, 1.807) is 11.8 Å². The quantitative estimate of drug-likeness (QED) is 0.677. The van der Waals surface area contributed by atoms with Crippen molar-refractivity contribution in [3.63, 3.8) is 0 Å². The van der Waals surface area contributed by atoms with Crippen LogP contribution < -0.4 is 5.73 Å². The lowest BCUT2D eigenvalue weighted by Crippen LogP contribution is -2.30. The lowest BCUT2D eigenvalue weighted by Gasteiger charge is -2.24. The third-order valence-electron chi connectivity index (χ3n) is 3.70. The van der Waals surface area contributed by atoms with Crippen LogP contribution in [0, 0.1) is 0 Å². The minimum absolute atomic E-state index is 0.124. The van der Waals surface area contributed by atoms with E-state index in [1.807, 2.05) is 30.8 Å². The van der Waals surface area contributed by atoms with Gasteiger partial charge in [-0.25, -0.2) is 4.68 Å². The van der Waals surface area contributed by atoms with Crippen molar-refractivity contribution in [2.75, 3.05) is 11.5 Å². The zero-order valence-corrected chi connectivity index (χ0v) is 14.6. The van der Waals surface area contributed by atoms with Crippen LogP contribution in [0.3, 0.4) is 0 Å². The summed E-state index contributed by atoms with van der Waals surface area (Å²) in [5.41, 5.74) is 7.36. The number of nitrogens with zero attached hydrogens (tertiary/aromatic N) is 3. The molecule has 1 aromatic heterocycles. The summed E-state index contributed by atoms with van der Waals surface area (Å²) in [4.78, 5) is 10.6. The molecular formula is C15H26N4O2S. The van der Waals surface area contributed by atoms with E-state index >= 15 is 0 Å². The van der Waals surface area contributed by atoms with Gasteiger partial charge in [0.2, 0.25) is 0 Å². The first-order valence-corrected chi connectivity index (χ1v) is 8.55. The summed E-state index contributed by atoms with van der Waals surface area (Å²) in [5.74, 6) is 0.747. The summed E-state index contributed by atoms with van der Waals surface area (Å²) in [7, 11) is 0. The molecule has 0 aliphatic rings. The van der Waals surface area contributed by atoms with Gasteiger partial charge in [-0.1, -0.05) is 11.3 Å². The second-order valence-electron chi connectivity index (χ2n) is 5.93. The number of nitrogens with two attached hydrogens (primary N) is 1. The van der Waals surface area contributed by atoms with Crippen LogP contribution in [0.4, 0.5) is 0 Å². The number of rotatable bonds is 9. The van der Waals surface area contributed by atoms with Gasteiger partial charge in [-0.15, -0.1) is 5.10 Å². The highest BCUT2D eigenvalue weighted by Gasteiger charge is 2.22. The molecule has 0 bridgehead atoms. The maximum Gasteiger partial charge on any atom is 0.320 e. The maximum absolute atomic E-state index is 10.6. The largest absolute Gasteiger partial charge is 0.480 e. The van der Waals surface area contributed by atoms with Crippen LogP contribution >= 0.6 is 11.8 Å². The van der Waals surface area contributed by atoms with Crippen LogP contribution in [0.1, 0.15) is 46.2 Å². The van der Waals surface area contributed by atoms with E-state index in [2.05, 4.69) is 24.2 Å². The number of aliphatic carboxylic acids is 1. The third-order valence-corrected chi connectivity index (χ3v) is 4.72. The Morgan fingerprint density at radius 2 is 2.23 bits per heavy atom. The Kier molecular flexibility index (Phi) is 7.09. The van der Waals surface area contributed by atoms with Crippen molar-refractivity contribution in [3.05, 3.63) is 18.0 Å². The topological polar surface area (TPSA) is 94.0 Å². The molecule has 0 saturated heterocycles. The molecule has 6 nitrogen and oxygen atoms in total. The van der Waals surface area contributed by atoms with Gasteiger partial charge in [-0.05, 0) is 57.6 Å². The summed E-state index contributed by atoms with van der Waals surface area (Å²) in [6, 6.07) is -0.762. The summed E-state index contributed by atoms with van der Waals surface area (Å²) in [6.45, 7) is 8.25. The Hall–Kier alpha value is -1.34. The number of aromatic nitrogens is 3. The van der Waals surface area contributed by atoms with Crippen molar-refractivity contribution in [1.29, 1.82) is 0 Å². The van der Waals surface area contributed by atoms with Gasteiger partial charge in [-0.3, -0.25) is 4.79 Å². The summed E-state index contributed by atoms with van der Waals surface area (Å²) >= 11 is 1.72. The summed E-state index contributed by atoms with van der Waals surface area (Å²) < 4.78 is 1.90. The average molecular weight is 326 g/mol. The van der Waals surface area contributed by atoms with E-state index in [-0.39, 0.29) is 5.54 Å². The van der Waals surface area contributed by atoms with E-state index < -0.39 is 12.0 Å². The predicted octanol–water partition coefficient (Wildman–Crippen LogP) is 2.36. The molecule has 3 N–H and O–H groups in total. The van der Waals surface area contributed by atoms with Gasteiger partial charge in [0.05, 0.1) is 11.7 Å². The van der Waals surface area contributed by atoms with Crippen LogP contribution in [0.15, 0.2) is 12.3 Å². The molecule has 0 aliphatic heterocycles. The van der Waals surface area contributed by atoms with Crippen LogP contribution in [-0.2, 0) is 10.3 Å². The van der Waals surface area contributed by atoms with Gasteiger partial charge in [-0.2, -0.15) is 11.8 Å². The van der Waals surface area contributed by atoms with Gasteiger partial charge in [0.25, 0.3) is 0 Å². The summed E-state index contributed by atoms with van der Waals surface area (Å²) in [6.07, 6.45) is 5.41. The fraction of sp³-hybridized carbons (Fsp3) is 0.667. The molecule has 7 heteroatoms. The monoisotopic (exact) mass is 326 g/mol.